The van der Waals surface area contributed by atoms with Crippen LogP contribution in [-0.4, -0.2) is 14.3 Å². The number of hydrogen-bond acceptors (Lipinski definition) is 4. The number of carbonyl (C=O) groups excluding carboxylic acids is 1. The third kappa shape index (κ3) is 4.86. The highest BCUT2D eigenvalue weighted by Gasteiger charge is 2.14. The van der Waals surface area contributed by atoms with E-state index < -0.39 is 10.0 Å². The molecular weight excluding hydrogens is 381 g/mol. The lowest BCUT2D eigenvalue weighted by Gasteiger charge is -2.11. The number of anilines is 4. The molecule has 0 aliphatic heterocycles. The van der Waals surface area contributed by atoms with Crippen molar-refractivity contribution in [2.75, 3.05) is 15.4 Å². The zero-order valence-electron chi connectivity index (χ0n) is 14.9. The smallest absolute Gasteiger partial charge is 0.261 e. The van der Waals surface area contributed by atoms with Crippen LogP contribution in [0.2, 0.25) is 0 Å². The summed E-state index contributed by atoms with van der Waals surface area (Å²) in [6, 6.07) is 18.5. The van der Waals surface area contributed by atoms with Gasteiger partial charge in [-0.05, 0) is 60.7 Å². The minimum atomic E-state index is -3.78. The van der Waals surface area contributed by atoms with Gasteiger partial charge < -0.3 is 10.6 Å². The molecule has 28 heavy (non-hydrogen) atoms. The molecule has 0 unspecified atom stereocenters. The lowest BCUT2D eigenvalue weighted by atomic mass is 10.2. The highest BCUT2D eigenvalue weighted by molar-refractivity contribution is 7.92. The van der Waals surface area contributed by atoms with Gasteiger partial charge in [0.15, 0.2) is 0 Å². The Morgan fingerprint density at radius 2 is 1.39 bits per heavy atom. The number of rotatable bonds is 6. The first-order valence-electron chi connectivity index (χ1n) is 8.35. The van der Waals surface area contributed by atoms with Gasteiger partial charge >= 0.3 is 0 Å². The third-order valence-corrected chi connectivity index (χ3v) is 5.17. The third-order valence-electron chi connectivity index (χ3n) is 3.77. The van der Waals surface area contributed by atoms with Crippen molar-refractivity contribution >= 4 is 38.7 Å². The monoisotopic (exact) mass is 399 g/mol. The first-order valence-corrected chi connectivity index (χ1v) is 9.84. The molecule has 0 fully saturated rings. The quantitative estimate of drug-likeness (QED) is 0.576. The predicted octanol–water partition coefficient (Wildman–Crippen LogP) is 4.33. The lowest BCUT2D eigenvalue weighted by molar-refractivity contribution is -0.114. The molecule has 0 aliphatic carbocycles. The van der Waals surface area contributed by atoms with Crippen LogP contribution in [0.25, 0.3) is 0 Å². The Hall–Kier alpha value is -3.39. The summed E-state index contributed by atoms with van der Waals surface area (Å²) in [4.78, 5) is 11.1. The fraction of sp³-hybridized carbons (Fsp3) is 0.0500. The molecule has 6 nitrogen and oxygen atoms in total. The van der Waals surface area contributed by atoms with Crippen LogP contribution in [0.15, 0.2) is 77.7 Å². The van der Waals surface area contributed by atoms with E-state index in [4.69, 9.17) is 0 Å². The molecule has 0 spiro atoms. The number of halogens is 1. The van der Waals surface area contributed by atoms with Gasteiger partial charge in [-0.15, -0.1) is 0 Å². The predicted molar refractivity (Wildman–Crippen MR) is 108 cm³/mol. The number of benzene rings is 3. The Bertz CT molecular complexity index is 1080. The molecule has 0 radical (unpaired) electrons. The van der Waals surface area contributed by atoms with Gasteiger partial charge in [-0.2, -0.15) is 0 Å². The average Bonchev–Trinajstić information content (AvgIpc) is 2.65. The molecule has 3 N–H and O–H groups in total. The van der Waals surface area contributed by atoms with Crippen molar-refractivity contribution in [3.63, 3.8) is 0 Å². The van der Waals surface area contributed by atoms with Crippen molar-refractivity contribution in [3.8, 4) is 0 Å². The number of nitrogens with one attached hydrogen (secondary N) is 3. The van der Waals surface area contributed by atoms with Crippen molar-refractivity contribution in [2.45, 2.75) is 11.8 Å². The molecule has 0 heterocycles. The highest BCUT2D eigenvalue weighted by atomic mass is 32.2. The lowest BCUT2D eigenvalue weighted by Crippen LogP contribution is -2.13. The maximum absolute atomic E-state index is 13.7. The maximum atomic E-state index is 13.7. The Morgan fingerprint density at radius 1 is 0.821 bits per heavy atom. The largest absolute Gasteiger partial charge is 0.353 e. The van der Waals surface area contributed by atoms with E-state index >= 15 is 0 Å². The Balaban J connectivity index is 1.70. The van der Waals surface area contributed by atoms with E-state index in [1.54, 1.807) is 42.5 Å². The topological polar surface area (TPSA) is 87.3 Å². The van der Waals surface area contributed by atoms with Gasteiger partial charge in [0.1, 0.15) is 5.82 Å². The number of carbonyl (C=O) groups is 1. The van der Waals surface area contributed by atoms with Gasteiger partial charge in [-0.1, -0.05) is 12.1 Å². The fourth-order valence-corrected chi connectivity index (χ4v) is 3.53. The summed E-state index contributed by atoms with van der Waals surface area (Å²) >= 11 is 0. The molecule has 0 atom stereocenters. The van der Waals surface area contributed by atoms with Gasteiger partial charge in [-0.3, -0.25) is 9.52 Å². The Labute approximate surface area is 162 Å². The van der Waals surface area contributed by atoms with Gasteiger partial charge in [0, 0.05) is 24.0 Å². The van der Waals surface area contributed by atoms with Crippen LogP contribution in [0.1, 0.15) is 6.92 Å². The van der Waals surface area contributed by atoms with E-state index in [-0.39, 0.29) is 16.6 Å². The van der Waals surface area contributed by atoms with E-state index in [1.165, 1.54) is 37.3 Å². The van der Waals surface area contributed by atoms with E-state index in [2.05, 4.69) is 15.4 Å². The van der Waals surface area contributed by atoms with Crippen LogP contribution in [-0.2, 0) is 14.8 Å². The molecule has 0 aliphatic rings. The van der Waals surface area contributed by atoms with Crippen LogP contribution in [0.5, 0.6) is 0 Å². The molecule has 3 aromatic rings. The Morgan fingerprint density at radius 3 is 2.00 bits per heavy atom. The van der Waals surface area contributed by atoms with Crippen LogP contribution >= 0.6 is 0 Å². The molecular formula is C20H18FN3O3S. The summed E-state index contributed by atoms with van der Waals surface area (Å²) in [6.45, 7) is 1.37. The first-order chi connectivity index (χ1) is 13.3. The molecule has 0 bridgehead atoms. The van der Waals surface area contributed by atoms with E-state index in [0.29, 0.717) is 22.7 Å². The van der Waals surface area contributed by atoms with E-state index in [0.717, 1.165) is 0 Å². The van der Waals surface area contributed by atoms with Crippen molar-refractivity contribution in [3.05, 3.63) is 78.6 Å². The van der Waals surface area contributed by atoms with Crippen molar-refractivity contribution in [2.24, 2.45) is 0 Å². The van der Waals surface area contributed by atoms with Crippen LogP contribution in [0.3, 0.4) is 0 Å². The SMILES string of the molecule is CC(=O)Nc1ccc(S(=O)(=O)Nc2ccc(Nc3ccccc3F)cc2)cc1. The van der Waals surface area contributed by atoms with E-state index in [1.807, 2.05) is 0 Å². The summed E-state index contributed by atoms with van der Waals surface area (Å²) in [5.74, 6) is -0.618. The summed E-state index contributed by atoms with van der Waals surface area (Å²) in [7, 11) is -3.78. The number of amides is 1. The number of sulfonamides is 1. The number of hydrogen-bond donors (Lipinski definition) is 3. The molecule has 0 saturated heterocycles. The normalized spacial score (nSPS) is 10.9. The fourth-order valence-electron chi connectivity index (χ4n) is 2.47. The summed E-state index contributed by atoms with van der Waals surface area (Å²) in [5.41, 5.74) is 1.82. The van der Waals surface area contributed by atoms with Crippen molar-refractivity contribution in [1.82, 2.24) is 0 Å². The average molecular weight is 399 g/mol. The zero-order valence-corrected chi connectivity index (χ0v) is 15.8. The van der Waals surface area contributed by atoms with Gasteiger partial charge in [-0.25, -0.2) is 12.8 Å². The molecule has 3 rings (SSSR count). The second-order valence-corrected chi connectivity index (χ2v) is 7.68. The van der Waals surface area contributed by atoms with Crippen LogP contribution < -0.4 is 15.4 Å². The molecule has 0 aromatic heterocycles. The van der Waals surface area contributed by atoms with Crippen LogP contribution in [0.4, 0.5) is 27.1 Å². The first kappa shape index (κ1) is 19.4. The minimum Gasteiger partial charge on any atom is -0.353 e. The van der Waals surface area contributed by atoms with Gasteiger partial charge in [0.25, 0.3) is 10.0 Å². The summed E-state index contributed by atoms with van der Waals surface area (Å²) < 4.78 is 41.1. The van der Waals surface area contributed by atoms with Gasteiger partial charge in [0.05, 0.1) is 10.6 Å². The standard InChI is InChI=1S/C20H18FN3O3S/c1-14(25)22-15-10-12-18(13-11-15)28(26,27)24-17-8-6-16(7-9-17)23-20-5-3-2-4-19(20)21/h2-13,23-24H,1H3,(H,22,25). The second kappa shape index (κ2) is 8.10. The summed E-state index contributed by atoms with van der Waals surface area (Å²) in [6.07, 6.45) is 0. The maximum Gasteiger partial charge on any atom is 0.261 e. The van der Waals surface area contributed by atoms with Crippen molar-refractivity contribution < 1.29 is 17.6 Å². The minimum absolute atomic E-state index is 0.0650. The van der Waals surface area contributed by atoms with Crippen LogP contribution in [0, 0.1) is 5.82 Å². The molecule has 3 aromatic carbocycles. The van der Waals surface area contributed by atoms with E-state index in [9.17, 15) is 17.6 Å². The summed E-state index contributed by atoms with van der Waals surface area (Å²) in [5, 5.41) is 5.50. The Kier molecular flexibility index (Phi) is 5.60. The molecule has 0 saturated carbocycles. The zero-order chi connectivity index (χ0) is 20.1. The second-order valence-electron chi connectivity index (χ2n) is 5.99. The highest BCUT2D eigenvalue weighted by Crippen LogP contribution is 2.23. The molecule has 1 amide bonds. The van der Waals surface area contributed by atoms with Gasteiger partial charge in [0.2, 0.25) is 5.91 Å². The van der Waals surface area contributed by atoms with Crippen molar-refractivity contribution in [1.29, 1.82) is 0 Å². The molecule has 144 valence electrons. The number of para-hydroxylation sites is 1. The molecule has 8 heteroatoms.